The molecule has 0 N–H and O–H groups in total. The Hall–Kier alpha value is -5.78. The fourth-order valence-electron chi connectivity index (χ4n) is 9.93. The number of benzene rings is 5. The Balaban J connectivity index is 0.000000189. The topological polar surface area (TPSA) is 51.8 Å². The minimum atomic E-state index is -1.33. The second-order valence-corrected chi connectivity index (χ2v) is 28.3. The van der Waals surface area contributed by atoms with Gasteiger partial charge in [-0.1, -0.05) is 198 Å². The van der Waals surface area contributed by atoms with E-state index >= 15 is 0 Å². The van der Waals surface area contributed by atoms with Crippen molar-refractivity contribution in [2.45, 2.75) is 143 Å². The van der Waals surface area contributed by atoms with Gasteiger partial charge in [0.05, 0.1) is 25.2 Å². The van der Waals surface area contributed by atoms with Crippen LogP contribution in [0.15, 0.2) is 169 Å². The third kappa shape index (κ3) is 13.5. The summed E-state index contributed by atoms with van der Waals surface area (Å²) in [6.45, 7) is 27.6. The third-order valence-electron chi connectivity index (χ3n) is 14.4. The number of furan rings is 1. The van der Waals surface area contributed by atoms with Gasteiger partial charge in [0.2, 0.25) is 0 Å². The average Bonchev–Trinajstić information content (AvgIpc) is 3.77. The van der Waals surface area contributed by atoms with Crippen molar-refractivity contribution in [3.8, 4) is 44.9 Å². The first-order valence-corrected chi connectivity index (χ1v) is 30.0. The Morgan fingerprint density at radius 3 is 1.75 bits per heavy atom. The molecule has 0 amide bonds. The van der Waals surface area contributed by atoms with E-state index in [4.69, 9.17) is 14.4 Å². The van der Waals surface area contributed by atoms with E-state index in [0.29, 0.717) is 11.8 Å². The zero-order valence-electron chi connectivity index (χ0n) is 45.6. The van der Waals surface area contributed by atoms with Gasteiger partial charge in [-0.15, -0.1) is 0 Å². The number of fused-ring (bicyclic) bond motifs is 3. The number of aryl methyl sites for hydroxylation is 1. The summed E-state index contributed by atoms with van der Waals surface area (Å²) in [5, 5.41) is 3.79. The van der Waals surface area contributed by atoms with Crippen molar-refractivity contribution < 1.29 is 24.5 Å². The molecule has 5 aromatic carbocycles. The second-order valence-electron chi connectivity index (χ2n) is 23.3. The van der Waals surface area contributed by atoms with Crippen molar-refractivity contribution in [1.29, 1.82) is 0 Å². The van der Waals surface area contributed by atoms with Gasteiger partial charge in [-0.2, -0.15) is 0 Å². The van der Waals surface area contributed by atoms with Crippen LogP contribution in [0.25, 0.3) is 66.8 Å². The molecule has 379 valence electrons. The summed E-state index contributed by atoms with van der Waals surface area (Å²) in [6, 6.07) is 52.0. The van der Waals surface area contributed by atoms with Gasteiger partial charge >= 0.3 is 0 Å². The maximum Gasteiger partial charge on any atom is 0.144 e. The molecule has 0 atom stereocenters. The van der Waals surface area contributed by atoms with Crippen LogP contribution in [-0.2, 0) is 37.4 Å². The molecule has 1 aliphatic carbocycles. The molecular weight excluding hydrogens is 1080 g/mol. The van der Waals surface area contributed by atoms with Gasteiger partial charge in [-0.25, -0.2) is 0 Å². The zero-order chi connectivity index (χ0) is 51.2. The first-order valence-electron chi connectivity index (χ1n) is 26.5. The Kier molecular flexibility index (Phi) is 17.8. The Bertz CT molecular complexity index is 3210. The van der Waals surface area contributed by atoms with Gasteiger partial charge in [-0.3, -0.25) is 15.0 Å². The summed E-state index contributed by atoms with van der Waals surface area (Å²) < 4.78 is 6.64. The first kappa shape index (κ1) is 55.0. The molecule has 0 spiro atoms. The van der Waals surface area contributed by atoms with E-state index in [1.165, 1.54) is 87.4 Å². The van der Waals surface area contributed by atoms with E-state index in [-0.39, 0.29) is 30.9 Å². The van der Waals surface area contributed by atoms with Gasteiger partial charge in [0, 0.05) is 66.2 Å². The van der Waals surface area contributed by atoms with Crippen molar-refractivity contribution >= 4 is 35.2 Å². The SMILES string of the molecule is CC(C)(C)c1cc(-c2ccc3c(c2)oc2c(-c4cc(C5CCCCC5)ccn4)cccc23)cc(C(C)(C)C)c1.CC(C)c1cc(-c2ccccc2)ncc1[Si](C)(C)C.CCc1ccnc(-c2ccccc2)c1.[Ir]. The number of rotatable bonds is 8. The van der Waals surface area contributed by atoms with E-state index < -0.39 is 8.07 Å². The Morgan fingerprint density at radius 2 is 1.16 bits per heavy atom. The molecule has 0 unspecified atom stereocenters. The minimum absolute atomic E-state index is 0. The maximum absolute atomic E-state index is 6.64. The molecule has 4 heterocycles. The number of aromatic nitrogens is 3. The van der Waals surface area contributed by atoms with E-state index in [0.717, 1.165) is 51.0 Å². The van der Waals surface area contributed by atoms with Crippen molar-refractivity contribution in [3.63, 3.8) is 0 Å². The molecule has 9 aromatic rings. The number of para-hydroxylation sites is 1. The Morgan fingerprint density at radius 1 is 0.562 bits per heavy atom. The summed E-state index contributed by atoms with van der Waals surface area (Å²) in [5.74, 6) is 1.20. The molecular formula is C67H77IrN3OSi. The molecule has 73 heavy (non-hydrogen) atoms. The van der Waals surface area contributed by atoms with Gasteiger partial charge in [0.15, 0.2) is 0 Å². The van der Waals surface area contributed by atoms with Crippen molar-refractivity contribution in [1.82, 2.24) is 15.0 Å². The van der Waals surface area contributed by atoms with Crippen LogP contribution in [0.5, 0.6) is 0 Å². The largest absolute Gasteiger partial charge is 0.455 e. The van der Waals surface area contributed by atoms with E-state index in [1.807, 2.05) is 36.7 Å². The quantitative estimate of drug-likeness (QED) is 0.142. The van der Waals surface area contributed by atoms with Gasteiger partial charge < -0.3 is 4.42 Å². The maximum atomic E-state index is 6.64. The van der Waals surface area contributed by atoms with Crippen LogP contribution in [0, 0.1) is 0 Å². The third-order valence-corrected chi connectivity index (χ3v) is 16.4. The summed E-state index contributed by atoms with van der Waals surface area (Å²) in [6.07, 6.45) is 13.6. The predicted molar refractivity (Wildman–Crippen MR) is 311 cm³/mol. The van der Waals surface area contributed by atoms with Crippen LogP contribution in [0.4, 0.5) is 0 Å². The van der Waals surface area contributed by atoms with Crippen molar-refractivity contribution in [2.75, 3.05) is 0 Å². The summed E-state index contributed by atoms with van der Waals surface area (Å²) >= 11 is 0. The van der Waals surface area contributed by atoms with Crippen molar-refractivity contribution in [3.05, 3.63) is 192 Å². The van der Waals surface area contributed by atoms with Gasteiger partial charge in [0.1, 0.15) is 11.2 Å². The van der Waals surface area contributed by atoms with Crippen LogP contribution in [0.1, 0.15) is 134 Å². The van der Waals surface area contributed by atoms with Crippen LogP contribution in [-0.4, -0.2) is 23.0 Å². The minimum Gasteiger partial charge on any atom is -0.455 e. The first-order chi connectivity index (χ1) is 34.4. The molecule has 0 bridgehead atoms. The molecule has 10 rings (SSSR count). The van der Waals surface area contributed by atoms with Gasteiger partial charge in [0.25, 0.3) is 0 Å². The number of hydrogen-bond donors (Lipinski definition) is 0. The average molecular weight is 1160 g/mol. The molecule has 6 heteroatoms. The fourth-order valence-corrected chi connectivity index (χ4v) is 11.6. The van der Waals surface area contributed by atoms with Gasteiger partial charge in [-0.05, 0) is 135 Å². The number of nitrogens with zero attached hydrogens (tertiary/aromatic N) is 3. The fraction of sp³-hybridized carbons (Fsp3) is 0.328. The van der Waals surface area contributed by atoms with E-state index in [9.17, 15) is 0 Å². The number of hydrogen-bond acceptors (Lipinski definition) is 4. The molecule has 0 saturated heterocycles. The molecule has 1 fully saturated rings. The zero-order valence-corrected chi connectivity index (χ0v) is 49.0. The standard InChI is InChI=1S/C37H41NO.C17H23NSi.C13H13N.Ir/c1-36(2,3)28-19-27(20-29(23-28)37(4,5)6)25-15-16-30-31-13-10-14-32(35(31)39-34(30)22-25)33-21-26(17-18-38-33)24-11-8-7-9-12-24;1-13(2)15-11-16(14-9-7-6-8-10-14)18-12-17(15)19(3,4)5;1-2-11-8-9-14-13(10-11)12-6-4-3-5-7-12;/h10,13-24H,7-9,11-12H2,1-6H3;6-13H,1-5H3;3-10H,2H2,1H3;. The summed E-state index contributed by atoms with van der Waals surface area (Å²) in [5.41, 5.74) is 18.0. The number of pyridine rings is 3. The summed E-state index contributed by atoms with van der Waals surface area (Å²) in [7, 11) is -1.33. The molecule has 4 nitrogen and oxygen atoms in total. The molecule has 1 aliphatic rings. The summed E-state index contributed by atoms with van der Waals surface area (Å²) in [4.78, 5) is 13.8. The Labute approximate surface area is 451 Å². The van der Waals surface area contributed by atoms with E-state index in [2.05, 4.69) is 214 Å². The van der Waals surface area contributed by atoms with Crippen molar-refractivity contribution in [2.24, 2.45) is 0 Å². The second kappa shape index (κ2) is 23.6. The molecule has 0 aliphatic heterocycles. The molecule has 1 radical (unpaired) electrons. The molecule has 1 saturated carbocycles. The van der Waals surface area contributed by atoms with Crippen LogP contribution in [0.3, 0.4) is 0 Å². The van der Waals surface area contributed by atoms with E-state index in [1.54, 1.807) is 0 Å². The normalized spacial score (nSPS) is 13.2. The molecule has 4 aromatic heterocycles. The smallest absolute Gasteiger partial charge is 0.144 e. The van der Waals surface area contributed by atoms with Crippen LogP contribution >= 0.6 is 0 Å². The monoisotopic (exact) mass is 1160 g/mol. The predicted octanol–water partition coefficient (Wildman–Crippen LogP) is 18.7. The van der Waals surface area contributed by atoms with Crippen LogP contribution in [0.2, 0.25) is 19.6 Å². The van der Waals surface area contributed by atoms with Crippen LogP contribution < -0.4 is 5.19 Å².